The Morgan fingerprint density at radius 3 is 2.62 bits per heavy atom. The molecule has 5 heteroatoms. The molecule has 2 rings (SSSR count). The number of hydrogen-bond acceptors (Lipinski definition) is 1. The third kappa shape index (κ3) is 1.98. The Morgan fingerprint density at radius 2 is 2.06 bits per heavy atom. The summed E-state index contributed by atoms with van der Waals surface area (Å²) >= 11 is 0. The van der Waals surface area contributed by atoms with Gasteiger partial charge in [0.25, 0.3) is 0 Å². The zero-order chi connectivity index (χ0) is 11.7. The second-order valence-corrected chi connectivity index (χ2v) is 3.84. The predicted octanol–water partition coefficient (Wildman–Crippen LogP) is 1.35. The fourth-order valence-electron chi connectivity index (χ4n) is 1.79. The van der Waals surface area contributed by atoms with Crippen LogP contribution in [0.2, 0.25) is 0 Å². The van der Waals surface area contributed by atoms with Crippen molar-refractivity contribution in [3.63, 3.8) is 0 Å². The van der Waals surface area contributed by atoms with Crippen molar-refractivity contribution >= 4 is 5.96 Å². The second kappa shape index (κ2) is 4.08. The van der Waals surface area contributed by atoms with E-state index in [0.717, 1.165) is 0 Å². The number of nitrogens with two attached hydrogens (primary N) is 1. The first kappa shape index (κ1) is 10.9. The predicted molar refractivity (Wildman–Crippen MR) is 58.2 cm³/mol. The normalized spacial score (nSPS) is 24.3. The van der Waals surface area contributed by atoms with Crippen LogP contribution in [0.25, 0.3) is 0 Å². The number of aliphatic imine (C=N–C) groups is 1. The third-order valence-electron chi connectivity index (χ3n) is 2.74. The minimum absolute atomic E-state index is 0.0184. The molecule has 0 amide bonds. The number of nitrogens with one attached hydrogen (secondary N) is 1. The summed E-state index contributed by atoms with van der Waals surface area (Å²) in [5.74, 6) is -0.853. The van der Waals surface area contributed by atoms with Gasteiger partial charge in [0.05, 0.1) is 0 Å². The summed E-state index contributed by atoms with van der Waals surface area (Å²) in [5, 5.41) is 2.90. The van der Waals surface area contributed by atoms with Gasteiger partial charge in [-0.25, -0.2) is 8.78 Å². The zero-order valence-corrected chi connectivity index (χ0v) is 8.87. The van der Waals surface area contributed by atoms with Crippen molar-refractivity contribution in [3.05, 3.63) is 35.4 Å². The van der Waals surface area contributed by atoms with Crippen molar-refractivity contribution in [1.82, 2.24) is 5.32 Å². The van der Waals surface area contributed by atoms with Crippen molar-refractivity contribution in [3.8, 4) is 0 Å². The number of hydrogen-bond donors (Lipinski definition) is 2. The van der Waals surface area contributed by atoms with Crippen molar-refractivity contribution in [2.24, 2.45) is 10.7 Å². The highest BCUT2D eigenvalue weighted by molar-refractivity contribution is 5.78. The van der Waals surface area contributed by atoms with Crippen molar-refractivity contribution in [2.45, 2.75) is 18.4 Å². The van der Waals surface area contributed by atoms with Crippen LogP contribution in [0.5, 0.6) is 0 Å². The van der Waals surface area contributed by atoms with Gasteiger partial charge in [0, 0.05) is 24.6 Å². The fraction of sp³-hybridized carbons (Fsp3) is 0.364. The van der Waals surface area contributed by atoms with Gasteiger partial charge in [0.2, 0.25) is 0 Å². The molecule has 3 N–H and O–H groups in total. The van der Waals surface area contributed by atoms with E-state index in [1.807, 2.05) is 0 Å². The van der Waals surface area contributed by atoms with Crippen LogP contribution in [0, 0.1) is 11.6 Å². The zero-order valence-electron chi connectivity index (χ0n) is 8.87. The molecule has 2 atom stereocenters. The molecule has 1 aromatic rings. The summed E-state index contributed by atoms with van der Waals surface area (Å²) in [5.41, 5.74) is 5.62. The standard InChI is InChI=1S/C11H13F2N3/c1-15-11(14)16-9-5-6(9)10-7(12)3-2-4-8(10)13/h2-4,6,9H,5H2,1H3,(H3,14,15,16). The van der Waals surface area contributed by atoms with Crippen LogP contribution in [0.3, 0.4) is 0 Å². The fourth-order valence-corrected chi connectivity index (χ4v) is 1.79. The molecule has 1 saturated carbocycles. The van der Waals surface area contributed by atoms with Crippen LogP contribution in [-0.4, -0.2) is 19.0 Å². The molecule has 0 heterocycles. The molecule has 0 spiro atoms. The van der Waals surface area contributed by atoms with Crippen molar-refractivity contribution < 1.29 is 8.78 Å². The molecule has 0 aliphatic heterocycles. The largest absolute Gasteiger partial charge is 0.370 e. The van der Waals surface area contributed by atoms with Gasteiger partial charge < -0.3 is 11.1 Å². The van der Waals surface area contributed by atoms with E-state index in [2.05, 4.69) is 10.3 Å². The molecule has 1 aliphatic rings. The van der Waals surface area contributed by atoms with Gasteiger partial charge in [-0.1, -0.05) is 6.07 Å². The van der Waals surface area contributed by atoms with E-state index in [4.69, 9.17) is 5.73 Å². The van der Waals surface area contributed by atoms with Crippen LogP contribution >= 0.6 is 0 Å². The summed E-state index contributed by atoms with van der Waals surface area (Å²) in [6.07, 6.45) is 0.675. The molecule has 2 unspecified atom stereocenters. The van der Waals surface area contributed by atoms with E-state index in [1.54, 1.807) is 7.05 Å². The molecule has 3 nitrogen and oxygen atoms in total. The lowest BCUT2D eigenvalue weighted by atomic mass is 10.1. The van der Waals surface area contributed by atoms with Crippen molar-refractivity contribution in [1.29, 1.82) is 0 Å². The van der Waals surface area contributed by atoms with Gasteiger partial charge in [0.15, 0.2) is 5.96 Å². The molecule has 16 heavy (non-hydrogen) atoms. The van der Waals surface area contributed by atoms with Gasteiger partial charge in [-0.3, -0.25) is 4.99 Å². The number of guanidine groups is 1. The lowest BCUT2D eigenvalue weighted by Crippen LogP contribution is -2.33. The van der Waals surface area contributed by atoms with E-state index in [9.17, 15) is 8.78 Å². The Bertz CT molecular complexity index is 411. The number of halogens is 2. The lowest BCUT2D eigenvalue weighted by molar-refractivity contribution is 0.554. The third-order valence-corrected chi connectivity index (χ3v) is 2.74. The Hall–Kier alpha value is -1.65. The monoisotopic (exact) mass is 225 g/mol. The van der Waals surface area contributed by atoms with E-state index < -0.39 is 11.6 Å². The smallest absolute Gasteiger partial charge is 0.188 e. The molecule has 1 aliphatic carbocycles. The average Bonchev–Trinajstić information content (AvgIpc) is 2.97. The molecule has 86 valence electrons. The maximum absolute atomic E-state index is 13.4. The van der Waals surface area contributed by atoms with Crippen LogP contribution in [0.4, 0.5) is 8.78 Å². The first-order valence-corrected chi connectivity index (χ1v) is 5.06. The minimum atomic E-state index is -0.499. The maximum atomic E-state index is 13.4. The summed E-state index contributed by atoms with van der Waals surface area (Å²) in [6, 6.07) is 3.88. The second-order valence-electron chi connectivity index (χ2n) is 3.84. The molecule has 0 saturated heterocycles. The quantitative estimate of drug-likeness (QED) is 0.589. The first-order valence-electron chi connectivity index (χ1n) is 5.06. The molecule has 1 aromatic carbocycles. The number of benzene rings is 1. The Balaban J connectivity index is 2.12. The van der Waals surface area contributed by atoms with Gasteiger partial charge >= 0.3 is 0 Å². The SMILES string of the molecule is CN=C(N)NC1CC1c1c(F)cccc1F. The highest BCUT2D eigenvalue weighted by Gasteiger charge is 2.42. The average molecular weight is 225 g/mol. The van der Waals surface area contributed by atoms with Gasteiger partial charge in [0.1, 0.15) is 11.6 Å². The minimum Gasteiger partial charge on any atom is -0.370 e. The highest BCUT2D eigenvalue weighted by atomic mass is 19.1. The summed E-state index contributed by atoms with van der Waals surface area (Å²) in [4.78, 5) is 3.74. The molecule has 1 fully saturated rings. The van der Waals surface area contributed by atoms with Crippen molar-refractivity contribution in [2.75, 3.05) is 7.05 Å². The number of nitrogens with zero attached hydrogens (tertiary/aromatic N) is 1. The molecule has 0 radical (unpaired) electrons. The molecule has 0 bridgehead atoms. The molecular weight excluding hydrogens is 212 g/mol. The van der Waals surface area contributed by atoms with Gasteiger partial charge in [-0.05, 0) is 18.6 Å². The Labute approximate surface area is 92.4 Å². The van der Waals surface area contributed by atoms with Gasteiger partial charge in [-0.15, -0.1) is 0 Å². The maximum Gasteiger partial charge on any atom is 0.188 e. The first-order chi connectivity index (χ1) is 7.63. The van der Waals surface area contributed by atoms with E-state index in [-0.39, 0.29) is 17.5 Å². The van der Waals surface area contributed by atoms with Crippen LogP contribution in [0.15, 0.2) is 23.2 Å². The summed E-state index contributed by atoms with van der Waals surface area (Å²) in [7, 11) is 1.56. The Kier molecular flexibility index (Phi) is 2.77. The van der Waals surface area contributed by atoms with Crippen LogP contribution in [0.1, 0.15) is 17.9 Å². The van der Waals surface area contributed by atoms with Gasteiger partial charge in [-0.2, -0.15) is 0 Å². The Morgan fingerprint density at radius 1 is 1.44 bits per heavy atom. The summed E-state index contributed by atoms with van der Waals surface area (Å²) in [6.45, 7) is 0. The highest BCUT2D eigenvalue weighted by Crippen LogP contribution is 2.42. The number of rotatable bonds is 2. The molecular formula is C11H13F2N3. The topological polar surface area (TPSA) is 50.4 Å². The van der Waals surface area contributed by atoms with Crippen LogP contribution in [-0.2, 0) is 0 Å². The summed E-state index contributed by atoms with van der Waals surface area (Å²) < 4.78 is 26.8. The lowest BCUT2D eigenvalue weighted by Gasteiger charge is -2.06. The van der Waals surface area contributed by atoms with E-state index in [1.165, 1.54) is 18.2 Å². The molecule has 0 aromatic heterocycles. The van der Waals surface area contributed by atoms with Crippen LogP contribution < -0.4 is 11.1 Å². The van der Waals surface area contributed by atoms with E-state index in [0.29, 0.717) is 12.4 Å². The van der Waals surface area contributed by atoms with E-state index >= 15 is 0 Å².